The topological polar surface area (TPSA) is 44.5 Å². The van der Waals surface area contributed by atoms with Crippen molar-refractivity contribution in [3.8, 4) is 0 Å². The van der Waals surface area contributed by atoms with Crippen molar-refractivity contribution in [1.82, 2.24) is 0 Å². The van der Waals surface area contributed by atoms with Crippen molar-refractivity contribution in [2.75, 3.05) is 26.9 Å². The molecule has 1 aliphatic rings. The number of methoxy groups -OCH3 is 1. The second kappa shape index (κ2) is 5.51. The summed E-state index contributed by atoms with van der Waals surface area (Å²) in [6, 6.07) is 0.207. The van der Waals surface area contributed by atoms with Crippen LogP contribution < -0.4 is 5.73 Å². The molecule has 0 aromatic heterocycles. The molecule has 1 saturated heterocycles. The molecule has 1 rings (SSSR count). The van der Waals surface area contributed by atoms with E-state index in [0.29, 0.717) is 6.61 Å². The first-order chi connectivity index (χ1) is 5.83. The Hall–Kier alpha value is -0.120. The van der Waals surface area contributed by atoms with E-state index in [1.807, 2.05) is 0 Å². The van der Waals surface area contributed by atoms with Crippen LogP contribution in [0.5, 0.6) is 0 Å². The third kappa shape index (κ3) is 3.52. The smallest absolute Gasteiger partial charge is 0.0613 e. The Morgan fingerprint density at radius 3 is 2.75 bits per heavy atom. The van der Waals surface area contributed by atoms with Gasteiger partial charge in [0.2, 0.25) is 0 Å². The summed E-state index contributed by atoms with van der Waals surface area (Å²) in [6.45, 7) is 2.49. The van der Waals surface area contributed by atoms with Crippen molar-refractivity contribution in [3.63, 3.8) is 0 Å². The Morgan fingerprint density at radius 1 is 1.50 bits per heavy atom. The van der Waals surface area contributed by atoms with Gasteiger partial charge in [0.15, 0.2) is 0 Å². The van der Waals surface area contributed by atoms with Crippen LogP contribution >= 0.6 is 0 Å². The van der Waals surface area contributed by atoms with E-state index in [4.69, 9.17) is 15.2 Å². The Morgan fingerprint density at radius 2 is 2.17 bits per heavy atom. The van der Waals surface area contributed by atoms with Gasteiger partial charge in [-0.05, 0) is 25.2 Å². The van der Waals surface area contributed by atoms with E-state index in [9.17, 15) is 0 Å². The predicted octanol–water partition coefficient (Wildman–Crippen LogP) is 0.777. The standard InChI is InChI=1S/C9H19NO2/c1-11-7-9(10)6-8-2-4-12-5-3-8/h8-9H,2-7,10H2,1H3/t9-/m1/s1. The number of hydrogen-bond acceptors (Lipinski definition) is 3. The minimum atomic E-state index is 0.207. The molecule has 72 valence electrons. The largest absolute Gasteiger partial charge is 0.383 e. The lowest BCUT2D eigenvalue weighted by atomic mass is 9.93. The van der Waals surface area contributed by atoms with Gasteiger partial charge in [-0.1, -0.05) is 0 Å². The molecular formula is C9H19NO2. The lowest BCUT2D eigenvalue weighted by molar-refractivity contribution is 0.0577. The lowest BCUT2D eigenvalue weighted by Crippen LogP contribution is -2.30. The first kappa shape index (κ1) is 9.96. The van der Waals surface area contributed by atoms with Crippen LogP contribution in [-0.2, 0) is 9.47 Å². The van der Waals surface area contributed by atoms with E-state index in [-0.39, 0.29) is 6.04 Å². The van der Waals surface area contributed by atoms with Crippen LogP contribution in [0, 0.1) is 5.92 Å². The summed E-state index contributed by atoms with van der Waals surface area (Å²) in [5.41, 5.74) is 5.85. The van der Waals surface area contributed by atoms with Crippen LogP contribution in [0.1, 0.15) is 19.3 Å². The van der Waals surface area contributed by atoms with Crippen molar-refractivity contribution >= 4 is 0 Å². The minimum absolute atomic E-state index is 0.207. The molecule has 1 fully saturated rings. The van der Waals surface area contributed by atoms with Gasteiger partial charge in [0, 0.05) is 26.4 Å². The zero-order valence-electron chi connectivity index (χ0n) is 7.79. The molecule has 0 radical (unpaired) electrons. The first-order valence-electron chi connectivity index (χ1n) is 4.65. The van der Waals surface area contributed by atoms with E-state index in [2.05, 4.69) is 0 Å². The van der Waals surface area contributed by atoms with Crippen molar-refractivity contribution in [1.29, 1.82) is 0 Å². The molecule has 1 aliphatic heterocycles. The van der Waals surface area contributed by atoms with Crippen molar-refractivity contribution in [2.45, 2.75) is 25.3 Å². The molecule has 0 aromatic carbocycles. The quantitative estimate of drug-likeness (QED) is 0.683. The van der Waals surface area contributed by atoms with Gasteiger partial charge in [-0.2, -0.15) is 0 Å². The third-order valence-electron chi connectivity index (χ3n) is 2.36. The van der Waals surface area contributed by atoms with Gasteiger partial charge in [0.05, 0.1) is 6.61 Å². The molecule has 0 saturated carbocycles. The number of hydrogen-bond donors (Lipinski definition) is 1. The van der Waals surface area contributed by atoms with E-state index in [0.717, 1.165) is 38.4 Å². The van der Waals surface area contributed by atoms with E-state index in [1.54, 1.807) is 7.11 Å². The van der Waals surface area contributed by atoms with Crippen LogP contribution in [0.25, 0.3) is 0 Å². The lowest BCUT2D eigenvalue weighted by Gasteiger charge is -2.24. The normalized spacial score (nSPS) is 22.5. The molecule has 0 aliphatic carbocycles. The first-order valence-corrected chi connectivity index (χ1v) is 4.65. The molecule has 0 unspecified atom stereocenters. The van der Waals surface area contributed by atoms with Crippen molar-refractivity contribution in [2.24, 2.45) is 11.7 Å². The predicted molar refractivity (Wildman–Crippen MR) is 48.0 cm³/mol. The molecule has 1 atom stereocenters. The molecule has 0 spiro atoms. The molecule has 0 amide bonds. The summed E-state index contributed by atoms with van der Waals surface area (Å²) in [6.07, 6.45) is 3.41. The van der Waals surface area contributed by atoms with E-state index < -0.39 is 0 Å². The Kier molecular flexibility index (Phi) is 4.58. The second-order valence-corrected chi connectivity index (χ2v) is 3.51. The van der Waals surface area contributed by atoms with Crippen LogP contribution in [-0.4, -0.2) is 33.0 Å². The maximum atomic E-state index is 5.85. The monoisotopic (exact) mass is 173 g/mol. The fourth-order valence-electron chi connectivity index (χ4n) is 1.69. The summed E-state index contributed by atoms with van der Waals surface area (Å²) < 4.78 is 10.3. The zero-order chi connectivity index (χ0) is 8.81. The molecule has 12 heavy (non-hydrogen) atoms. The maximum Gasteiger partial charge on any atom is 0.0613 e. The van der Waals surface area contributed by atoms with Crippen LogP contribution in [0.4, 0.5) is 0 Å². The molecule has 3 heteroatoms. The Balaban J connectivity index is 2.11. The summed E-state index contributed by atoms with van der Waals surface area (Å²) in [5.74, 6) is 0.754. The van der Waals surface area contributed by atoms with Gasteiger partial charge in [0.1, 0.15) is 0 Å². The Bertz CT molecular complexity index is 113. The highest BCUT2D eigenvalue weighted by atomic mass is 16.5. The number of rotatable bonds is 4. The van der Waals surface area contributed by atoms with Crippen molar-refractivity contribution in [3.05, 3.63) is 0 Å². The van der Waals surface area contributed by atoms with Gasteiger partial charge in [-0.3, -0.25) is 0 Å². The van der Waals surface area contributed by atoms with Crippen LogP contribution in [0.3, 0.4) is 0 Å². The molecular weight excluding hydrogens is 154 g/mol. The van der Waals surface area contributed by atoms with Crippen LogP contribution in [0.2, 0.25) is 0 Å². The third-order valence-corrected chi connectivity index (χ3v) is 2.36. The van der Waals surface area contributed by atoms with Gasteiger partial charge in [0.25, 0.3) is 0 Å². The average Bonchev–Trinajstić information content (AvgIpc) is 2.06. The van der Waals surface area contributed by atoms with Gasteiger partial charge < -0.3 is 15.2 Å². The van der Waals surface area contributed by atoms with Crippen LogP contribution in [0.15, 0.2) is 0 Å². The van der Waals surface area contributed by atoms with Gasteiger partial charge >= 0.3 is 0 Å². The molecule has 1 heterocycles. The average molecular weight is 173 g/mol. The molecule has 3 nitrogen and oxygen atoms in total. The SMILES string of the molecule is COC[C@H](N)CC1CCOCC1. The zero-order valence-corrected chi connectivity index (χ0v) is 7.79. The summed E-state index contributed by atoms with van der Waals surface area (Å²) in [7, 11) is 1.70. The fourth-order valence-corrected chi connectivity index (χ4v) is 1.69. The number of nitrogens with two attached hydrogens (primary N) is 1. The maximum absolute atomic E-state index is 5.85. The van der Waals surface area contributed by atoms with E-state index >= 15 is 0 Å². The number of ether oxygens (including phenoxy) is 2. The summed E-state index contributed by atoms with van der Waals surface area (Å²) in [4.78, 5) is 0. The molecule has 0 aromatic rings. The van der Waals surface area contributed by atoms with Crippen molar-refractivity contribution < 1.29 is 9.47 Å². The molecule has 2 N–H and O–H groups in total. The van der Waals surface area contributed by atoms with E-state index in [1.165, 1.54) is 0 Å². The second-order valence-electron chi connectivity index (χ2n) is 3.51. The molecule has 0 bridgehead atoms. The Labute approximate surface area is 74.2 Å². The summed E-state index contributed by atoms with van der Waals surface area (Å²) >= 11 is 0. The van der Waals surface area contributed by atoms with Gasteiger partial charge in [-0.15, -0.1) is 0 Å². The fraction of sp³-hybridized carbons (Fsp3) is 1.00. The summed E-state index contributed by atoms with van der Waals surface area (Å²) in [5, 5.41) is 0. The van der Waals surface area contributed by atoms with Gasteiger partial charge in [-0.25, -0.2) is 0 Å². The highest BCUT2D eigenvalue weighted by Gasteiger charge is 2.16. The minimum Gasteiger partial charge on any atom is -0.383 e. The highest BCUT2D eigenvalue weighted by Crippen LogP contribution is 2.19. The highest BCUT2D eigenvalue weighted by molar-refractivity contribution is 4.70.